The maximum absolute atomic E-state index is 12.2. The molecular weight excluding hydrogens is 286 g/mol. The minimum absolute atomic E-state index is 0.00679. The summed E-state index contributed by atoms with van der Waals surface area (Å²) >= 11 is 5.83. The Labute approximate surface area is 120 Å². The van der Waals surface area contributed by atoms with E-state index < -0.39 is 16.4 Å². The van der Waals surface area contributed by atoms with Gasteiger partial charge in [0, 0.05) is 12.7 Å². The Balaban J connectivity index is 2.20. The van der Waals surface area contributed by atoms with E-state index in [2.05, 4.69) is 10.3 Å². The molecule has 2 rings (SSSR count). The first-order valence-corrected chi connectivity index (χ1v) is 6.49. The monoisotopic (exact) mass is 299 g/mol. The molecule has 0 spiro atoms. The first-order valence-electron chi connectivity index (χ1n) is 6.11. The predicted octanol–water partition coefficient (Wildman–Crippen LogP) is 1.94. The van der Waals surface area contributed by atoms with E-state index in [-0.39, 0.29) is 16.4 Å². The number of hydrogen-bond donors (Lipinski definition) is 1. The van der Waals surface area contributed by atoms with Crippen LogP contribution in [0.2, 0.25) is 5.15 Å². The Morgan fingerprint density at radius 1 is 1.65 bits per heavy atom. The van der Waals surface area contributed by atoms with E-state index in [1.807, 2.05) is 6.92 Å². The third-order valence-corrected chi connectivity index (χ3v) is 3.43. The molecule has 108 valence electrons. The molecule has 1 amide bonds. The third-order valence-electron chi connectivity index (χ3n) is 3.13. The zero-order valence-electron chi connectivity index (χ0n) is 10.9. The summed E-state index contributed by atoms with van der Waals surface area (Å²) in [5.41, 5.74) is -0.777. The van der Waals surface area contributed by atoms with Gasteiger partial charge in [-0.15, -0.1) is 0 Å². The number of ether oxygens (including phenoxy) is 1. The van der Waals surface area contributed by atoms with Crippen LogP contribution in [-0.2, 0) is 4.74 Å². The molecule has 0 aliphatic carbocycles. The van der Waals surface area contributed by atoms with Crippen LogP contribution >= 0.6 is 11.6 Å². The van der Waals surface area contributed by atoms with Gasteiger partial charge in [-0.2, -0.15) is 0 Å². The number of nitrogens with zero attached hydrogens (tertiary/aromatic N) is 2. The quantitative estimate of drug-likeness (QED) is 0.523. The van der Waals surface area contributed by atoms with Crippen molar-refractivity contribution in [3.63, 3.8) is 0 Å². The largest absolute Gasteiger partial charge is 0.379 e. The van der Waals surface area contributed by atoms with Gasteiger partial charge < -0.3 is 10.1 Å². The van der Waals surface area contributed by atoms with Crippen LogP contribution in [-0.4, -0.2) is 34.6 Å². The highest BCUT2D eigenvalue weighted by Crippen LogP contribution is 2.22. The van der Waals surface area contributed by atoms with Crippen LogP contribution in [0.5, 0.6) is 0 Å². The van der Waals surface area contributed by atoms with Crippen molar-refractivity contribution in [1.82, 2.24) is 10.3 Å². The van der Waals surface area contributed by atoms with Crippen LogP contribution in [0.4, 0.5) is 5.69 Å². The zero-order valence-corrected chi connectivity index (χ0v) is 11.6. The summed E-state index contributed by atoms with van der Waals surface area (Å²) in [5, 5.41) is 13.5. The fourth-order valence-electron chi connectivity index (χ4n) is 2.07. The van der Waals surface area contributed by atoms with Crippen molar-refractivity contribution in [2.45, 2.75) is 25.3 Å². The molecular formula is C12H14ClN3O4. The standard InChI is InChI=1S/C12H14ClN3O4/c1-12(3-2-4-20-7-12)15-11(17)9-5-8(16(18)19)6-14-10(9)13/h5-6H,2-4,7H2,1H3,(H,15,17). The van der Waals surface area contributed by atoms with Crippen LogP contribution in [0.1, 0.15) is 30.1 Å². The van der Waals surface area contributed by atoms with Gasteiger partial charge in [-0.05, 0) is 19.8 Å². The van der Waals surface area contributed by atoms with Crippen LogP contribution in [0.3, 0.4) is 0 Å². The number of carbonyl (C=O) groups excluding carboxylic acids is 1. The van der Waals surface area contributed by atoms with E-state index >= 15 is 0 Å². The fourth-order valence-corrected chi connectivity index (χ4v) is 2.26. The maximum atomic E-state index is 12.2. The van der Waals surface area contributed by atoms with Crippen LogP contribution in [0.15, 0.2) is 12.3 Å². The van der Waals surface area contributed by atoms with Gasteiger partial charge in [-0.1, -0.05) is 11.6 Å². The molecule has 0 saturated carbocycles. The lowest BCUT2D eigenvalue weighted by atomic mass is 9.94. The summed E-state index contributed by atoms with van der Waals surface area (Å²) in [4.78, 5) is 26.0. The Bertz CT molecular complexity index is 544. The zero-order chi connectivity index (χ0) is 14.8. The molecule has 1 aromatic rings. The topological polar surface area (TPSA) is 94.4 Å². The summed E-state index contributed by atoms with van der Waals surface area (Å²) in [6.07, 6.45) is 2.64. The number of pyridine rings is 1. The van der Waals surface area contributed by atoms with Gasteiger partial charge in [-0.3, -0.25) is 14.9 Å². The highest BCUT2D eigenvalue weighted by Gasteiger charge is 2.30. The maximum Gasteiger partial charge on any atom is 0.288 e. The molecule has 1 aromatic heterocycles. The number of halogens is 1. The van der Waals surface area contributed by atoms with Gasteiger partial charge in [0.1, 0.15) is 11.3 Å². The molecule has 1 aliphatic rings. The molecule has 1 unspecified atom stereocenters. The average molecular weight is 300 g/mol. The van der Waals surface area contributed by atoms with E-state index in [0.717, 1.165) is 25.1 Å². The molecule has 8 heteroatoms. The van der Waals surface area contributed by atoms with E-state index in [0.29, 0.717) is 13.2 Å². The van der Waals surface area contributed by atoms with Crippen molar-refractivity contribution < 1.29 is 14.5 Å². The SMILES string of the molecule is CC1(NC(=O)c2cc([N+](=O)[O-])cnc2Cl)CCCOC1. The van der Waals surface area contributed by atoms with Crippen molar-refractivity contribution in [3.05, 3.63) is 33.1 Å². The molecule has 7 nitrogen and oxygen atoms in total. The normalized spacial score (nSPS) is 22.3. The first-order chi connectivity index (χ1) is 9.41. The molecule has 1 atom stereocenters. The number of amides is 1. The average Bonchev–Trinajstić information content (AvgIpc) is 2.39. The van der Waals surface area contributed by atoms with Crippen LogP contribution in [0.25, 0.3) is 0 Å². The second-order valence-corrected chi connectivity index (χ2v) is 5.32. The van der Waals surface area contributed by atoms with Crippen LogP contribution in [0, 0.1) is 10.1 Å². The fraction of sp³-hybridized carbons (Fsp3) is 0.500. The Morgan fingerprint density at radius 3 is 3.00 bits per heavy atom. The van der Waals surface area contributed by atoms with E-state index in [1.165, 1.54) is 0 Å². The van der Waals surface area contributed by atoms with Gasteiger partial charge in [0.05, 0.1) is 22.6 Å². The molecule has 2 heterocycles. The van der Waals surface area contributed by atoms with Gasteiger partial charge in [0.25, 0.3) is 11.6 Å². The molecule has 1 fully saturated rings. The number of rotatable bonds is 3. The number of aromatic nitrogens is 1. The predicted molar refractivity (Wildman–Crippen MR) is 71.8 cm³/mol. The summed E-state index contributed by atoms with van der Waals surface area (Å²) in [5.74, 6) is -0.487. The second-order valence-electron chi connectivity index (χ2n) is 4.96. The lowest BCUT2D eigenvalue weighted by molar-refractivity contribution is -0.385. The van der Waals surface area contributed by atoms with Crippen molar-refractivity contribution in [2.75, 3.05) is 13.2 Å². The smallest absolute Gasteiger partial charge is 0.288 e. The Hall–Kier alpha value is -1.73. The van der Waals surface area contributed by atoms with Crippen molar-refractivity contribution in [2.24, 2.45) is 0 Å². The lowest BCUT2D eigenvalue weighted by Gasteiger charge is -2.34. The van der Waals surface area contributed by atoms with E-state index in [1.54, 1.807) is 0 Å². The minimum atomic E-state index is -0.620. The Kier molecular flexibility index (Phi) is 4.20. The van der Waals surface area contributed by atoms with Gasteiger partial charge >= 0.3 is 0 Å². The minimum Gasteiger partial charge on any atom is -0.379 e. The molecule has 0 bridgehead atoms. The highest BCUT2D eigenvalue weighted by atomic mass is 35.5. The molecule has 20 heavy (non-hydrogen) atoms. The third kappa shape index (κ3) is 3.23. The molecule has 1 N–H and O–H groups in total. The van der Waals surface area contributed by atoms with E-state index in [4.69, 9.17) is 16.3 Å². The molecule has 1 aliphatic heterocycles. The molecule has 1 saturated heterocycles. The number of hydrogen-bond acceptors (Lipinski definition) is 5. The van der Waals surface area contributed by atoms with Gasteiger partial charge in [0.2, 0.25) is 0 Å². The van der Waals surface area contributed by atoms with Gasteiger partial charge in [0.15, 0.2) is 0 Å². The van der Waals surface area contributed by atoms with Crippen molar-refractivity contribution in [3.8, 4) is 0 Å². The second kappa shape index (κ2) is 5.72. The number of nitrogens with one attached hydrogen (secondary N) is 1. The number of carbonyl (C=O) groups is 1. The first kappa shape index (κ1) is 14.7. The summed E-state index contributed by atoms with van der Waals surface area (Å²) in [6, 6.07) is 1.12. The number of nitro groups is 1. The summed E-state index contributed by atoms with van der Waals surface area (Å²) in [7, 11) is 0. The summed E-state index contributed by atoms with van der Waals surface area (Å²) in [6.45, 7) is 2.94. The lowest BCUT2D eigenvalue weighted by Crippen LogP contribution is -2.51. The van der Waals surface area contributed by atoms with Gasteiger partial charge in [-0.25, -0.2) is 4.98 Å². The Morgan fingerprint density at radius 2 is 2.40 bits per heavy atom. The van der Waals surface area contributed by atoms with E-state index in [9.17, 15) is 14.9 Å². The highest BCUT2D eigenvalue weighted by molar-refractivity contribution is 6.32. The van der Waals surface area contributed by atoms with Crippen molar-refractivity contribution in [1.29, 1.82) is 0 Å². The van der Waals surface area contributed by atoms with Crippen molar-refractivity contribution >= 4 is 23.2 Å². The van der Waals surface area contributed by atoms with Crippen LogP contribution < -0.4 is 5.32 Å². The summed E-state index contributed by atoms with van der Waals surface area (Å²) < 4.78 is 5.34. The molecule has 0 aromatic carbocycles. The molecule has 0 radical (unpaired) electrons.